The normalized spacial score (nSPS) is 12.6. The average molecular weight is 452 g/mol. The van der Waals surface area contributed by atoms with Gasteiger partial charge in [-0.1, -0.05) is 48.0 Å². The monoisotopic (exact) mass is 451 g/mol. The third kappa shape index (κ3) is 4.17. The summed E-state index contributed by atoms with van der Waals surface area (Å²) in [7, 11) is -2.50. The summed E-state index contributed by atoms with van der Waals surface area (Å²) in [5, 5.41) is 12.1. The van der Waals surface area contributed by atoms with Gasteiger partial charge in [0.2, 0.25) is 10.0 Å². The number of aryl methyl sites for hydroxylation is 1. The standard InChI is InChI=1S/C25H22FNO4S/c1-16-7-11-19(12-8-16)32(29,30)27-25(21-5-3-4-6-22(21)26)24-20-13-10-18(31-2)15-17(20)9-14-23(24)28/h3-15,25,27-28H,1-2H3. The predicted octanol–water partition coefficient (Wildman–Crippen LogP) is 5.07. The molecule has 32 heavy (non-hydrogen) atoms. The van der Waals surface area contributed by atoms with Crippen molar-refractivity contribution in [1.82, 2.24) is 4.72 Å². The second-order valence-corrected chi connectivity index (χ2v) is 9.19. The highest BCUT2D eigenvalue weighted by Gasteiger charge is 2.28. The average Bonchev–Trinajstić information content (AvgIpc) is 2.78. The zero-order valence-electron chi connectivity index (χ0n) is 17.5. The van der Waals surface area contributed by atoms with Crippen LogP contribution in [0.3, 0.4) is 0 Å². The topological polar surface area (TPSA) is 75.6 Å². The largest absolute Gasteiger partial charge is 0.508 e. The second-order valence-electron chi connectivity index (χ2n) is 7.47. The molecule has 7 heteroatoms. The highest BCUT2D eigenvalue weighted by Crippen LogP contribution is 2.38. The fourth-order valence-electron chi connectivity index (χ4n) is 3.68. The number of ether oxygens (including phenoxy) is 1. The van der Waals surface area contributed by atoms with Crippen LogP contribution < -0.4 is 9.46 Å². The number of aromatic hydroxyl groups is 1. The molecule has 4 aromatic rings. The minimum atomic E-state index is -4.04. The fraction of sp³-hybridized carbons (Fsp3) is 0.120. The molecular weight excluding hydrogens is 429 g/mol. The first-order chi connectivity index (χ1) is 15.3. The molecule has 0 aliphatic heterocycles. The molecule has 0 aromatic heterocycles. The van der Waals surface area contributed by atoms with E-state index in [9.17, 15) is 17.9 Å². The van der Waals surface area contributed by atoms with Gasteiger partial charge in [0.25, 0.3) is 0 Å². The van der Waals surface area contributed by atoms with Gasteiger partial charge in [0.05, 0.1) is 18.0 Å². The van der Waals surface area contributed by atoms with Crippen LogP contribution in [0.25, 0.3) is 10.8 Å². The van der Waals surface area contributed by atoms with Crippen molar-refractivity contribution in [1.29, 1.82) is 0 Å². The number of rotatable bonds is 6. The van der Waals surface area contributed by atoms with Gasteiger partial charge >= 0.3 is 0 Å². The van der Waals surface area contributed by atoms with Gasteiger partial charge in [-0.2, -0.15) is 4.72 Å². The van der Waals surface area contributed by atoms with Gasteiger partial charge in [0.1, 0.15) is 17.3 Å². The molecule has 0 amide bonds. The molecule has 0 bridgehead atoms. The summed E-state index contributed by atoms with van der Waals surface area (Å²) >= 11 is 0. The molecule has 0 heterocycles. The molecular formula is C25H22FNO4S. The Hall–Kier alpha value is -3.42. The van der Waals surface area contributed by atoms with Crippen LogP contribution in [-0.2, 0) is 10.0 Å². The van der Waals surface area contributed by atoms with Gasteiger partial charge < -0.3 is 9.84 Å². The SMILES string of the molecule is COc1ccc2c(C(NS(=O)(=O)c3ccc(C)cc3)c3ccccc3F)c(O)ccc2c1. The van der Waals surface area contributed by atoms with E-state index in [2.05, 4.69) is 4.72 Å². The van der Waals surface area contributed by atoms with E-state index in [-0.39, 0.29) is 21.8 Å². The third-order valence-corrected chi connectivity index (χ3v) is 6.79. The van der Waals surface area contributed by atoms with Crippen LogP contribution in [0.5, 0.6) is 11.5 Å². The van der Waals surface area contributed by atoms with Crippen LogP contribution in [0.4, 0.5) is 4.39 Å². The zero-order valence-corrected chi connectivity index (χ0v) is 18.4. The van der Waals surface area contributed by atoms with Crippen molar-refractivity contribution in [2.24, 2.45) is 0 Å². The van der Waals surface area contributed by atoms with E-state index in [1.807, 2.05) is 6.92 Å². The Morgan fingerprint density at radius 1 is 0.969 bits per heavy atom. The van der Waals surface area contributed by atoms with E-state index < -0.39 is 21.9 Å². The number of phenolic OH excluding ortho intramolecular Hbond substituents is 1. The molecule has 1 unspecified atom stereocenters. The lowest BCUT2D eigenvalue weighted by Crippen LogP contribution is -2.30. The minimum absolute atomic E-state index is 0.0471. The quantitative estimate of drug-likeness (QED) is 0.429. The lowest BCUT2D eigenvalue weighted by molar-refractivity contribution is 0.415. The first-order valence-corrected chi connectivity index (χ1v) is 11.4. The Morgan fingerprint density at radius 2 is 1.69 bits per heavy atom. The number of benzene rings is 4. The Bertz CT molecular complexity index is 1390. The molecule has 0 saturated carbocycles. The molecule has 0 saturated heterocycles. The maximum absolute atomic E-state index is 14.9. The van der Waals surface area contributed by atoms with Crippen LogP contribution in [0, 0.1) is 12.7 Å². The van der Waals surface area contributed by atoms with Crippen molar-refractivity contribution in [3.05, 3.63) is 101 Å². The lowest BCUT2D eigenvalue weighted by atomic mass is 9.93. The van der Waals surface area contributed by atoms with Crippen LogP contribution in [0.15, 0.2) is 83.8 Å². The van der Waals surface area contributed by atoms with Gasteiger partial charge in [-0.3, -0.25) is 0 Å². The van der Waals surface area contributed by atoms with Crippen molar-refractivity contribution in [2.45, 2.75) is 17.9 Å². The van der Waals surface area contributed by atoms with E-state index >= 15 is 0 Å². The molecule has 164 valence electrons. The number of methoxy groups -OCH3 is 1. The third-order valence-electron chi connectivity index (χ3n) is 5.35. The minimum Gasteiger partial charge on any atom is -0.508 e. The summed E-state index contributed by atoms with van der Waals surface area (Å²) in [6.45, 7) is 1.86. The summed E-state index contributed by atoms with van der Waals surface area (Å²) in [4.78, 5) is 0.0471. The molecule has 4 rings (SSSR count). The maximum Gasteiger partial charge on any atom is 0.241 e. The highest BCUT2D eigenvalue weighted by molar-refractivity contribution is 7.89. The highest BCUT2D eigenvalue weighted by atomic mass is 32.2. The zero-order chi connectivity index (χ0) is 22.9. The first-order valence-electron chi connectivity index (χ1n) is 9.93. The van der Waals surface area contributed by atoms with E-state index in [0.717, 1.165) is 5.56 Å². The summed E-state index contributed by atoms with van der Waals surface area (Å²) < 4.78 is 49.2. The lowest BCUT2D eigenvalue weighted by Gasteiger charge is -2.23. The molecule has 5 nitrogen and oxygen atoms in total. The Kier molecular flexibility index (Phi) is 5.86. The number of hydrogen-bond donors (Lipinski definition) is 2. The van der Waals surface area contributed by atoms with Crippen LogP contribution in [-0.4, -0.2) is 20.6 Å². The van der Waals surface area contributed by atoms with Crippen molar-refractivity contribution in [3.63, 3.8) is 0 Å². The van der Waals surface area contributed by atoms with Crippen LogP contribution in [0.2, 0.25) is 0 Å². The number of hydrogen-bond acceptors (Lipinski definition) is 4. The van der Waals surface area contributed by atoms with Crippen molar-refractivity contribution in [2.75, 3.05) is 7.11 Å². The van der Waals surface area contributed by atoms with Gasteiger partial charge in [0, 0.05) is 11.1 Å². The molecule has 0 spiro atoms. The maximum atomic E-state index is 14.9. The van der Waals surface area contributed by atoms with E-state index in [4.69, 9.17) is 4.74 Å². The number of fused-ring (bicyclic) bond motifs is 1. The molecule has 0 fully saturated rings. The summed E-state index contributed by atoms with van der Waals surface area (Å²) in [6, 6.07) is 19.5. The molecule has 4 aromatic carbocycles. The van der Waals surface area contributed by atoms with E-state index in [1.54, 1.807) is 49.6 Å². The molecule has 2 N–H and O–H groups in total. The van der Waals surface area contributed by atoms with Gasteiger partial charge in [-0.05, 0) is 54.1 Å². The van der Waals surface area contributed by atoms with Crippen LogP contribution in [0.1, 0.15) is 22.7 Å². The summed E-state index contributed by atoms with van der Waals surface area (Å²) in [6.07, 6.45) is 0. The van der Waals surface area contributed by atoms with E-state index in [1.165, 1.54) is 36.4 Å². The van der Waals surface area contributed by atoms with Gasteiger partial charge in [-0.25, -0.2) is 12.8 Å². The van der Waals surface area contributed by atoms with Gasteiger partial charge in [0.15, 0.2) is 0 Å². The number of nitrogens with one attached hydrogen (secondary N) is 1. The fourth-order valence-corrected chi connectivity index (χ4v) is 4.86. The number of phenols is 1. The molecule has 0 radical (unpaired) electrons. The van der Waals surface area contributed by atoms with Crippen molar-refractivity contribution >= 4 is 20.8 Å². The number of halogens is 1. The Morgan fingerprint density at radius 3 is 2.38 bits per heavy atom. The Labute approximate surface area is 186 Å². The summed E-state index contributed by atoms with van der Waals surface area (Å²) in [5.74, 6) is -0.131. The van der Waals surface area contributed by atoms with Crippen molar-refractivity contribution < 1.29 is 22.7 Å². The smallest absolute Gasteiger partial charge is 0.241 e. The van der Waals surface area contributed by atoms with Crippen molar-refractivity contribution in [3.8, 4) is 11.5 Å². The number of sulfonamides is 1. The Balaban J connectivity index is 1.93. The van der Waals surface area contributed by atoms with Gasteiger partial charge in [-0.15, -0.1) is 0 Å². The first kappa shape index (κ1) is 21.8. The molecule has 0 aliphatic carbocycles. The molecule has 1 atom stereocenters. The molecule has 0 aliphatic rings. The summed E-state index contributed by atoms with van der Waals surface area (Å²) in [5.41, 5.74) is 1.27. The van der Waals surface area contributed by atoms with Crippen LogP contribution >= 0.6 is 0 Å². The second kappa shape index (κ2) is 8.61. The van der Waals surface area contributed by atoms with E-state index in [0.29, 0.717) is 16.5 Å². The predicted molar refractivity (Wildman–Crippen MR) is 122 cm³/mol.